The van der Waals surface area contributed by atoms with Gasteiger partial charge in [-0.05, 0) is 128 Å². The fraction of sp³-hybridized carbons (Fsp3) is 0.917. The van der Waals surface area contributed by atoms with Crippen LogP contribution in [0.3, 0.4) is 0 Å². The highest BCUT2D eigenvalue weighted by molar-refractivity contribution is 5.95. The van der Waals surface area contributed by atoms with Crippen LogP contribution in [0.4, 0.5) is 0 Å². The van der Waals surface area contributed by atoms with Crippen LogP contribution in [-0.4, -0.2) is 100 Å². The molecule has 0 amide bonds. The van der Waals surface area contributed by atoms with Crippen molar-refractivity contribution in [1.82, 2.24) is 15.2 Å². The fourth-order valence-electron chi connectivity index (χ4n) is 8.19. The van der Waals surface area contributed by atoms with Crippen molar-refractivity contribution in [3.8, 4) is 0 Å². The van der Waals surface area contributed by atoms with E-state index in [1.54, 1.807) is 0 Å². The van der Waals surface area contributed by atoms with E-state index in [0.29, 0.717) is 57.8 Å². The molecule has 278 valence electrons. The third-order valence-corrected chi connectivity index (χ3v) is 10.9. The monoisotopic (exact) mass is 683 g/mol. The summed E-state index contributed by atoms with van der Waals surface area (Å²) in [5.41, 5.74) is -3.58. The number of esters is 3. The van der Waals surface area contributed by atoms with E-state index in [1.807, 2.05) is 83.1 Å². The van der Waals surface area contributed by atoms with E-state index < -0.39 is 75.4 Å². The summed E-state index contributed by atoms with van der Waals surface area (Å²) < 4.78 is 17.8. The van der Waals surface area contributed by atoms with Crippen LogP contribution in [0.25, 0.3) is 0 Å². The summed E-state index contributed by atoms with van der Waals surface area (Å²) in [5, 5.41) is 36.6. The lowest BCUT2D eigenvalue weighted by Crippen LogP contribution is -2.52. The minimum absolute atomic E-state index is 0.147. The molecule has 3 unspecified atom stereocenters. The third-order valence-electron chi connectivity index (χ3n) is 10.9. The number of hydroxylamine groups is 6. The van der Waals surface area contributed by atoms with E-state index in [-0.39, 0.29) is 12.8 Å². The zero-order valence-electron chi connectivity index (χ0n) is 31.7. The molecule has 3 aliphatic rings. The molecule has 3 atom stereocenters. The van der Waals surface area contributed by atoms with Gasteiger partial charge >= 0.3 is 17.9 Å². The molecule has 48 heavy (non-hydrogen) atoms. The molecule has 0 aromatic rings. The summed E-state index contributed by atoms with van der Waals surface area (Å²) in [6, 6.07) is 0. The van der Waals surface area contributed by atoms with Gasteiger partial charge in [0.05, 0.1) is 0 Å². The summed E-state index contributed by atoms with van der Waals surface area (Å²) >= 11 is 0. The molecule has 3 rings (SSSR count). The molecule has 0 aromatic carbocycles. The Bertz CT molecular complexity index is 1110. The number of carbonyl (C=O) groups is 3. The highest BCUT2D eigenvalue weighted by Crippen LogP contribution is 2.39. The van der Waals surface area contributed by atoms with Gasteiger partial charge in [-0.25, -0.2) is 0 Å². The molecular weight excluding hydrogens is 618 g/mol. The first-order valence-electron chi connectivity index (χ1n) is 17.8. The van der Waals surface area contributed by atoms with Crippen LogP contribution in [0.2, 0.25) is 0 Å². The zero-order valence-corrected chi connectivity index (χ0v) is 31.7. The number of carbonyl (C=O) groups excluding carboxylic acids is 3. The Hall–Kier alpha value is -1.83. The molecule has 0 spiro atoms. The molecule has 0 aliphatic carbocycles. The van der Waals surface area contributed by atoms with Gasteiger partial charge in [0.15, 0.2) is 5.92 Å². The average Bonchev–Trinajstić information content (AvgIpc) is 3.12. The number of hydrogen-bond donors (Lipinski definition) is 3. The van der Waals surface area contributed by atoms with Gasteiger partial charge in [0.25, 0.3) is 0 Å². The highest BCUT2D eigenvalue weighted by Gasteiger charge is 2.47. The Kier molecular flexibility index (Phi) is 12.2. The fourth-order valence-corrected chi connectivity index (χ4v) is 8.19. The van der Waals surface area contributed by atoms with E-state index in [0.717, 1.165) is 0 Å². The van der Waals surface area contributed by atoms with Crippen LogP contribution in [0.15, 0.2) is 0 Å². The zero-order chi connectivity index (χ0) is 36.7. The van der Waals surface area contributed by atoms with Crippen molar-refractivity contribution in [2.24, 2.45) is 5.92 Å². The third kappa shape index (κ3) is 9.69. The van der Waals surface area contributed by atoms with Crippen LogP contribution in [-0.2, 0) is 28.6 Å². The van der Waals surface area contributed by atoms with Gasteiger partial charge < -0.3 is 29.8 Å². The van der Waals surface area contributed by atoms with Gasteiger partial charge in [-0.2, -0.15) is 15.2 Å². The smallest absolute Gasteiger partial charge is 0.320 e. The van der Waals surface area contributed by atoms with Crippen molar-refractivity contribution in [3.63, 3.8) is 0 Å². The molecule has 0 radical (unpaired) electrons. The first-order chi connectivity index (χ1) is 21.7. The van der Waals surface area contributed by atoms with E-state index in [4.69, 9.17) is 14.2 Å². The van der Waals surface area contributed by atoms with Gasteiger partial charge in [0, 0.05) is 58.9 Å². The molecule has 3 heterocycles. The molecule has 3 saturated heterocycles. The summed E-state index contributed by atoms with van der Waals surface area (Å²) in [6.07, 6.45) is 2.58. The Morgan fingerprint density at radius 3 is 1.15 bits per heavy atom. The quantitative estimate of drug-likeness (QED) is 0.147. The largest absolute Gasteiger partial charge is 0.462 e. The van der Waals surface area contributed by atoms with Crippen molar-refractivity contribution >= 4 is 17.9 Å². The number of nitrogens with zero attached hydrogens (tertiary/aromatic N) is 3. The van der Waals surface area contributed by atoms with E-state index in [2.05, 4.69) is 0 Å². The second-order valence-corrected chi connectivity index (χ2v) is 18.4. The molecule has 0 saturated carbocycles. The lowest BCUT2D eigenvalue weighted by Gasteiger charge is -2.42. The summed E-state index contributed by atoms with van der Waals surface area (Å²) in [6.45, 7) is 23.0. The minimum atomic E-state index is -1.36. The number of rotatable bonds is 8. The highest BCUT2D eigenvalue weighted by atomic mass is 16.6. The summed E-state index contributed by atoms with van der Waals surface area (Å²) in [5.74, 6) is -3.41. The van der Waals surface area contributed by atoms with E-state index >= 15 is 0 Å². The van der Waals surface area contributed by atoms with E-state index in [9.17, 15) is 30.0 Å². The van der Waals surface area contributed by atoms with Crippen LogP contribution in [0.5, 0.6) is 0 Å². The summed E-state index contributed by atoms with van der Waals surface area (Å²) in [4.78, 5) is 40.9. The molecule has 3 N–H and O–H groups in total. The second kappa shape index (κ2) is 14.4. The van der Waals surface area contributed by atoms with Gasteiger partial charge in [-0.15, -0.1) is 0 Å². The van der Waals surface area contributed by atoms with Crippen LogP contribution in [0, 0.1) is 5.92 Å². The van der Waals surface area contributed by atoms with Gasteiger partial charge in [0.2, 0.25) is 0 Å². The molecule has 3 aliphatic heterocycles. The molecule has 0 aromatic heterocycles. The normalized spacial score (nSPS) is 30.9. The second-order valence-electron chi connectivity index (χ2n) is 18.4. The Balaban J connectivity index is 1.77. The maximum absolute atomic E-state index is 13.8. The number of hydrogen-bond acceptors (Lipinski definition) is 12. The van der Waals surface area contributed by atoms with Gasteiger partial charge in [-0.1, -0.05) is 0 Å². The Labute approximate surface area is 288 Å². The van der Waals surface area contributed by atoms with Crippen molar-refractivity contribution in [2.45, 2.75) is 205 Å². The van der Waals surface area contributed by atoms with Crippen LogP contribution >= 0.6 is 0 Å². The SMILES string of the molecule is CC1(C)CCC(OC(=O)CCC(C(=O)OC2CCC(C)(C)N(O)C(C)(C)C2)C(=O)OC2CCC(C)(C)N(O)C(C)(C)C2)CC(C)(C)N1O. The summed E-state index contributed by atoms with van der Waals surface area (Å²) in [7, 11) is 0. The first-order valence-corrected chi connectivity index (χ1v) is 17.8. The standard InChI is InChI=1S/C36H65N3O9/c1-31(2)18-15-24(21-34(7,8)37(31)43)46-28(40)14-13-27(29(41)47-25-16-19-32(3,4)38(44)35(9,10)22-25)30(42)48-26-17-20-33(5,6)39(45)36(11,12)23-26/h24-27,43-45H,13-23H2,1-12H3. The maximum Gasteiger partial charge on any atom is 0.320 e. The molecular formula is C36H65N3O9. The van der Waals surface area contributed by atoms with Crippen molar-refractivity contribution in [3.05, 3.63) is 0 Å². The molecule has 3 fully saturated rings. The minimum Gasteiger partial charge on any atom is -0.462 e. The maximum atomic E-state index is 13.8. The number of ether oxygens (including phenoxy) is 3. The van der Waals surface area contributed by atoms with Gasteiger partial charge in [-0.3, -0.25) is 14.4 Å². The Morgan fingerprint density at radius 2 is 0.833 bits per heavy atom. The van der Waals surface area contributed by atoms with Crippen molar-refractivity contribution in [2.75, 3.05) is 0 Å². The topological polar surface area (TPSA) is 149 Å². The average molecular weight is 684 g/mol. The van der Waals surface area contributed by atoms with E-state index in [1.165, 1.54) is 15.2 Å². The predicted molar refractivity (Wildman–Crippen MR) is 179 cm³/mol. The molecule has 0 bridgehead atoms. The lowest BCUT2D eigenvalue weighted by molar-refractivity contribution is -0.223. The predicted octanol–water partition coefficient (Wildman–Crippen LogP) is 6.42. The van der Waals surface area contributed by atoms with Crippen LogP contribution in [0.1, 0.15) is 154 Å². The van der Waals surface area contributed by atoms with Crippen molar-refractivity contribution in [1.29, 1.82) is 0 Å². The van der Waals surface area contributed by atoms with Crippen molar-refractivity contribution < 1.29 is 44.2 Å². The first kappa shape index (κ1) is 40.6. The lowest BCUT2D eigenvalue weighted by atomic mass is 9.95. The Morgan fingerprint density at radius 1 is 0.542 bits per heavy atom. The molecule has 12 nitrogen and oxygen atoms in total. The van der Waals surface area contributed by atoms with Gasteiger partial charge in [0.1, 0.15) is 18.3 Å². The van der Waals surface area contributed by atoms with Crippen LogP contribution < -0.4 is 0 Å². The molecule has 12 heteroatoms.